The van der Waals surface area contributed by atoms with E-state index in [0.717, 1.165) is 30.5 Å². The average molecular weight is 291 g/mol. The molecule has 118 valence electrons. The van der Waals surface area contributed by atoms with E-state index in [1.165, 1.54) is 51.4 Å². The molecule has 3 rings (SSSR count). The van der Waals surface area contributed by atoms with Crippen molar-refractivity contribution in [2.24, 2.45) is 11.7 Å². The molecule has 0 amide bonds. The Hall–Kier alpha value is -0.900. The van der Waals surface area contributed by atoms with E-state index in [1.54, 1.807) is 0 Å². The maximum Gasteiger partial charge on any atom is 0.231 e. The molecule has 0 aliphatic heterocycles. The molecule has 2 atom stereocenters. The minimum atomic E-state index is 0.191. The van der Waals surface area contributed by atoms with Crippen molar-refractivity contribution >= 4 is 0 Å². The summed E-state index contributed by atoms with van der Waals surface area (Å²) in [5.41, 5.74) is 6.31. The Kier molecular flexibility index (Phi) is 4.94. The molecule has 4 nitrogen and oxygen atoms in total. The van der Waals surface area contributed by atoms with Crippen molar-refractivity contribution in [2.45, 2.75) is 89.0 Å². The van der Waals surface area contributed by atoms with Crippen molar-refractivity contribution < 1.29 is 4.52 Å². The van der Waals surface area contributed by atoms with Gasteiger partial charge < -0.3 is 10.3 Å². The lowest BCUT2D eigenvalue weighted by Gasteiger charge is -2.25. The van der Waals surface area contributed by atoms with Gasteiger partial charge in [-0.05, 0) is 44.4 Å². The fraction of sp³-hybridized carbons (Fsp3) is 0.882. The molecule has 21 heavy (non-hydrogen) atoms. The standard InChI is InChI=1S/C17H29N3O/c1-2-12-8-10-13(11-9-12)16-19-17(21-20-16)14-6-4-3-5-7-15(14)18/h12-15H,2-11,18H2,1H3. The summed E-state index contributed by atoms with van der Waals surface area (Å²) in [6.07, 6.45) is 12.3. The summed E-state index contributed by atoms with van der Waals surface area (Å²) in [6, 6.07) is 0.191. The topological polar surface area (TPSA) is 64.9 Å². The van der Waals surface area contributed by atoms with Gasteiger partial charge >= 0.3 is 0 Å². The molecule has 1 aromatic rings. The van der Waals surface area contributed by atoms with Gasteiger partial charge in [0.2, 0.25) is 5.89 Å². The van der Waals surface area contributed by atoms with Gasteiger partial charge in [-0.15, -0.1) is 0 Å². The first-order valence-corrected chi connectivity index (χ1v) is 8.87. The smallest absolute Gasteiger partial charge is 0.231 e. The molecule has 2 aliphatic rings. The van der Waals surface area contributed by atoms with Crippen molar-refractivity contribution in [3.05, 3.63) is 11.7 Å². The molecule has 0 saturated heterocycles. The summed E-state index contributed by atoms with van der Waals surface area (Å²) in [5.74, 6) is 3.43. The predicted molar refractivity (Wildman–Crippen MR) is 83.1 cm³/mol. The second kappa shape index (κ2) is 6.91. The van der Waals surface area contributed by atoms with Gasteiger partial charge in [-0.1, -0.05) is 37.8 Å². The Labute approximate surface area is 127 Å². The zero-order valence-electron chi connectivity index (χ0n) is 13.3. The first kappa shape index (κ1) is 15.0. The van der Waals surface area contributed by atoms with E-state index in [0.29, 0.717) is 5.92 Å². The van der Waals surface area contributed by atoms with Crippen LogP contribution in [0.1, 0.15) is 94.7 Å². The van der Waals surface area contributed by atoms with Gasteiger partial charge in [-0.2, -0.15) is 4.98 Å². The molecule has 2 aliphatic carbocycles. The maximum absolute atomic E-state index is 6.31. The van der Waals surface area contributed by atoms with Crippen molar-refractivity contribution in [1.82, 2.24) is 10.1 Å². The van der Waals surface area contributed by atoms with Gasteiger partial charge in [-0.25, -0.2) is 0 Å². The van der Waals surface area contributed by atoms with Crippen molar-refractivity contribution in [2.75, 3.05) is 0 Å². The van der Waals surface area contributed by atoms with Gasteiger partial charge in [-0.3, -0.25) is 0 Å². The SMILES string of the molecule is CCC1CCC(c2noc(C3CCCCCC3N)n2)CC1. The minimum Gasteiger partial charge on any atom is -0.339 e. The summed E-state index contributed by atoms with van der Waals surface area (Å²) >= 11 is 0. The van der Waals surface area contributed by atoms with Crippen LogP contribution in [0.15, 0.2) is 4.52 Å². The Balaban J connectivity index is 1.65. The highest BCUT2D eigenvalue weighted by atomic mass is 16.5. The van der Waals surface area contributed by atoms with E-state index >= 15 is 0 Å². The summed E-state index contributed by atoms with van der Waals surface area (Å²) in [7, 11) is 0. The number of nitrogens with two attached hydrogens (primary N) is 1. The Morgan fingerprint density at radius 1 is 1.05 bits per heavy atom. The monoisotopic (exact) mass is 291 g/mol. The molecule has 2 fully saturated rings. The predicted octanol–water partition coefficient (Wildman–Crippen LogP) is 4.13. The van der Waals surface area contributed by atoms with E-state index < -0.39 is 0 Å². The van der Waals surface area contributed by atoms with Crippen LogP contribution in [0.25, 0.3) is 0 Å². The molecule has 0 bridgehead atoms. The van der Waals surface area contributed by atoms with Crippen molar-refractivity contribution in [3.63, 3.8) is 0 Å². The molecule has 2 N–H and O–H groups in total. The second-order valence-corrected chi connectivity index (χ2v) is 7.03. The van der Waals surface area contributed by atoms with Crippen molar-refractivity contribution in [1.29, 1.82) is 0 Å². The molecule has 1 aromatic heterocycles. The molecule has 0 radical (unpaired) electrons. The normalized spacial score (nSPS) is 34.6. The van der Waals surface area contributed by atoms with Crippen LogP contribution >= 0.6 is 0 Å². The highest BCUT2D eigenvalue weighted by molar-refractivity contribution is 5.03. The molecular weight excluding hydrogens is 262 g/mol. The third-order valence-electron chi connectivity index (χ3n) is 5.63. The summed E-state index contributed by atoms with van der Waals surface area (Å²) in [6.45, 7) is 2.30. The number of hydrogen-bond donors (Lipinski definition) is 1. The highest BCUT2D eigenvalue weighted by Crippen LogP contribution is 2.37. The Morgan fingerprint density at radius 2 is 1.81 bits per heavy atom. The summed E-state index contributed by atoms with van der Waals surface area (Å²) in [4.78, 5) is 4.74. The van der Waals surface area contributed by atoms with Gasteiger partial charge in [0.05, 0.1) is 5.92 Å². The van der Waals surface area contributed by atoms with Crippen molar-refractivity contribution in [3.8, 4) is 0 Å². The zero-order valence-corrected chi connectivity index (χ0v) is 13.3. The molecule has 0 spiro atoms. The van der Waals surface area contributed by atoms with Crippen LogP contribution in [0.4, 0.5) is 0 Å². The quantitative estimate of drug-likeness (QED) is 0.850. The molecule has 4 heteroatoms. The number of nitrogens with zero attached hydrogens (tertiary/aromatic N) is 2. The van der Waals surface area contributed by atoms with E-state index in [-0.39, 0.29) is 12.0 Å². The van der Waals surface area contributed by atoms with Crippen LogP contribution in [0.5, 0.6) is 0 Å². The van der Waals surface area contributed by atoms with Gasteiger partial charge in [0.25, 0.3) is 0 Å². The number of hydrogen-bond acceptors (Lipinski definition) is 4. The third kappa shape index (κ3) is 3.47. The third-order valence-corrected chi connectivity index (χ3v) is 5.63. The lowest BCUT2D eigenvalue weighted by Crippen LogP contribution is -2.27. The van der Waals surface area contributed by atoms with Crippen LogP contribution in [0.3, 0.4) is 0 Å². The van der Waals surface area contributed by atoms with Gasteiger partial charge in [0.1, 0.15) is 0 Å². The van der Waals surface area contributed by atoms with E-state index in [9.17, 15) is 0 Å². The molecular formula is C17H29N3O. The van der Waals surface area contributed by atoms with E-state index in [2.05, 4.69) is 12.1 Å². The first-order valence-electron chi connectivity index (χ1n) is 8.87. The molecule has 2 unspecified atom stereocenters. The van der Waals surface area contributed by atoms with Gasteiger partial charge in [0.15, 0.2) is 5.82 Å². The lowest BCUT2D eigenvalue weighted by atomic mass is 9.80. The molecule has 2 saturated carbocycles. The van der Waals surface area contributed by atoms with Crippen LogP contribution in [-0.4, -0.2) is 16.2 Å². The summed E-state index contributed by atoms with van der Waals surface area (Å²) < 4.78 is 5.60. The van der Waals surface area contributed by atoms with Gasteiger partial charge in [0, 0.05) is 12.0 Å². The minimum absolute atomic E-state index is 0.191. The first-order chi connectivity index (χ1) is 10.3. The summed E-state index contributed by atoms with van der Waals surface area (Å²) in [5, 5.41) is 4.29. The number of aromatic nitrogens is 2. The fourth-order valence-corrected chi connectivity index (χ4v) is 4.04. The van der Waals surface area contributed by atoms with Crippen LogP contribution < -0.4 is 5.73 Å². The fourth-order valence-electron chi connectivity index (χ4n) is 4.04. The maximum atomic E-state index is 6.31. The highest BCUT2D eigenvalue weighted by Gasteiger charge is 2.30. The second-order valence-electron chi connectivity index (χ2n) is 7.03. The van der Waals surface area contributed by atoms with E-state index in [1.807, 2.05) is 0 Å². The number of rotatable bonds is 3. The van der Waals surface area contributed by atoms with E-state index in [4.69, 9.17) is 15.2 Å². The van der Waals surface area contributed by atoms with Crippen LogP contribution in [0.2, 0.25) is 0 Å². The van der Waals surface area contributed by atoms with Crippen LogP contribution in [0, 0.1) is 5.92 Å². The molecule has 1 heterocycles. The molecule has 0 aromatic carbocycles. The average Bonchev–Trinajstić information content (AvgIpc) is 2.90. The Morgan fingerprint density at radius 3 is 2.57 bits per heavy atom. The zero-order chi connectivity index (χ0) is 14.7. The lowest BCUT2D eigenvalue weighted by molar-refractivity contribution is 0.297. The van der Waals surface area contributed by atoms with Crippen LogP contribution in [-0.2, 0) is 0 Å². The largest absolute Gasteiger partial charge is 0.339 e. The Bertz CT molecular complexity index is 437.